The van der Waals surface area contributed by atoms with Crippen molar-refractivity contribution in [2.24, 2.45) is 11.7 Å². The van der Waals surface area contributed by atoms with Crippen LogP contribution in [-0.4, -0.2) is 24.9 Å². The number of rotatable bonds is 6. The molecule has 1 atom stereocenters. The zero-order chi connectivity index (χ0) is 15.2. The van der Waals surface area contributed by atoms with Crippen LogP contribution in [0.3, 0.4) is 0 Å². The third kappa shape index (κ3) is 4.04. The smallest absolute Gasteiger partial charge is 0.227 e. The Hall–Kier alpha value is -1.88. The Bertz CT molecular complexity index is 499. The molecule has 1 unspecified atom stereocenters. The summed E-state index contributed by atoms with van der Waals surface area (Å²) in [5.41, 5.74) is 7.11. The molecular formula is C16H23N3O2. The van der Waals surface area contributed by atoms with Gasteiger partial charge in [-0.3, -0.25) is 9.59 Å². The molecule has 0 spiro atoms. The van der Waals surface area contributed by atoms with E-state index in [1.54, 1.807) is 4.90 Å². The van der Waals surface area contributed by atoms with Crippen LogP contribution in [0.1, 0.15) is 32.6 Å². The quantitative estimate of drug-likeness (QED) is 0.842. The molecule has 1 heterocycles. The van der Waals surface area contributed by atoms with Crippen LogP contribution in [-0.2, 0) is 9.59 Å². The normalized spacial score (nSPS) is 16.1. The van der Waals surface area contributed by atoms with Gasteiger partial charge in [-0.2, -0.15) is 0 Å². The van der Waals surface area contributed by atoms with Crippen LogP contribution < -0.4 is 16.0 Å². The van der Waals surface area contributed by atoms with Crippen LogP contribution >= 0.6 is 0 Å². The molecule has 1 aromatic carbocycles. The standard InChI is InChI=1S/C16H23N3O2/c1-12(4-2-10-17)16(21)18-13-6-8-14(9-7-13)19-11-3-5-15(19)20/h6-9,12H,2-5,10-11,17H2,1H3,(H,18,21). The molecule has 1 aromatic rings. The fourth-order valence-electron chi connectivity index (χ4n) is 2.47. The van der Waals surface area contributed by atoms with Crippen LogP contribution in [0.4, 0.5) is 11.4 Å². The topological polar surface area (TPSA) is 75.4 Å². The number of carbonyl (C=O) groups excluding carboxylic acids is 2. The average molecular weight is 289 g/mol. The maximum absolute atomic E-state index is 12.0. The highest BCUT2D eigenvalue weighted by Gasteiger charge is 2.21. The average Bonchev–Trinajstić information content (AvgIpc) is 2.91. The van der Waals surface area contributed by atoms with E-state index in [2.05, 4.69) is 5.32 Å². The molecule has 0 radical (unpaired) electrons. The van der Waals surface area contributed by atoms with E-state index in [0.29, 0.717) is 13.0 Å². The number of amides is 2. The van der Waals surface area contributed by atoms with Crippen molar-refractivity contribution in [2.75, 3.05) is 23.3 Å². The van der Waals surface area contributed by atoms with E-state index in [4.69, 9.17) is 5.73 Å². The summed E-state index contributed by atoms with van der Waals surface area (Å²) in [6, 6.07) is 7.44. The Labute approximate surface area is 125 Å². The second-order valence-electron chi connectivity index (χ2n) is 5.52. The van der Waals surface area contributed by atoms with E-state index in [1.165, 1.54) is 0 Å². The van der Waals surface area contributed by atoms with Crippen molar-refractivity contribution in [3.8, 4) is 0 Å². The van der Waals surface area contributed by atoms with E-state index >= 15 is 0 Å². The van der Waals surface area contributed by atoms with Gasteiger partial charge in [0, 0.05) is 30.3 Å². The lowest BCUT2D eigenvalue weighted by Gasteiger charge is -2.16. The molecule has 0 aromatic heterocycles. The second kappa shape index (κ2) is 7.22. The van der Waals surface area contributed by atoms with Gasteiger partial charge in [0.1, 0.15) is 0 Å². The van der Waals surface area contributed by atoms with Crippen molar-refractivity contribution in [1.29, 1.82) is 0 Å². The maximum atomic E-state index is 12.0. The van der Waals surface area contributed by atoms with Crippen LogP contribution in [0.2, 0.25) is 0 Å². The van der Waals surface area contributed by atoms with Gasteiger partial charge in [0.2, 0.25) is 11.8 Å². The molecule has 0 aliphatic carbocycles. The van der Waals surface area contributed by atoms with Crippen molar-refractivity contribution in [3.05, 3.63) is 24.3 Å². The number of hydrogen-bond acceptors (Lipinski definition) is 3. The first kappa shape index (κ1) is 15.5. The number of nitrogens with zero attached hydrogens (tertiary/aromatic N) is 1. The summed E-state index contributed by atoms with van der Waals surface area (Å²) < 4.78 is 0. The van der Waals surface area contributed by atoms with E-state index in [1.807, 2.05) is 31.2 Å². The Morgan fingerprint density at radius 2 is 2.10 bits per heavy atom. The summed E-state index contributed by atoms with van der Waals surface area (Å²) in [6.45, 7) is 3.29. The van der Waals surface area contributed by atoms with Gasteiger partial charge in [-0.25, -0.2) is 0 Å². The van der Waals surface area contributed by atoms with E-state index in [-0.39, 0.29) is 17.7 Å². The Kier molecular flexibility index (Phi) is 5.33. The van der Waals surface area contributed by atoms with Crippen molar-refractivity contribution < 1.29 is 9.59 Å². The van der Waals surface area contributed by atoms with Crippen molar-refractivity contribution >= 4 is 23.2 Å². The minimum Gasteiger partial charge on any atom is -0.330 e. The molecule has 1 aliphatic rings. The fourth-order valence-corrected chi connectivity index (χ4v) is 2.47. The number of nitrogens with one attached hydrogen (secondary N) is 1. The van der Waals surface area contributed by atoms with Gasteiger partial charge in [0.25, 0.3) is 0 Å². The van der Waals surface area contributed by atoms with Gasteiger partial charge in [-0.15, -0.1) is 0 Å². The minimum absolute atomic E-state index is 0.00782. The van der Waals surface area contributed by atoms with Gasteiger partial charge in [0.15, 0.2) is 0 Å². The Balaban J connectivity index is 1.93. The SMILES string of the molecule is CC(CCCN)C(=O)Nc1ccc(N2CCCC2=O)cc1. The predicted octanol–water partition coefficient (Wildman–Crippen LogP) is 2.13. The number of nitrogens with two attached hydrogens (primary N) is 1. The summed E-state index contributed by atoms with van der Waals surface area (Å²) in [7, 11) is 0. The zero-order valence-corrected chi connectivity index (χ0v) is 12.5. The van der Waals surface area contributed by atoms with Crippen LogP contribution in [0.25, 0.3) is 0 Å². The first-order valence-corrected chi connectivity index (χ1v) is 7.53. The second-order valence-corrected chi connectivity index (χ2v) is 5.52. The van der Waals surface area contributed by atoms with Crippen LogP contribution in [0, 0.1) is 5.92 Å². The molecule has 2 amide bonds. The largest absolute Gasteiger partial charge is 0.330 e. The summed E-state index contributed by atoms with van der Waals surface area (Å²) in [4.78, 5) is 25.5. The molecule has 2 rings (SSSR count). The molecule has 0 bridgehead atoms. The molecule has 114 valence electrons. The Morgan fingerprint density at radius 1 is 1.38 bits per heavy atom. The van der Waals surface area contributed by atoms with Crippen molar-refractivity contribution in [3.63, 3.8) is 0 Å². The van der Waals surface area contributed by atoms with Crippen LogP contribution in [0.15, 0.2) is 24.3 Å². The zero-order valence-electron chi connectivity index (χ0n) is 12.5. The van der Waals surface area contributed by atoms with E-state index in [9.17, 15) is 9.59 Å². The van der Waals surface area contributed by atoms with Crippen LogP contribution in [0.5, 0.6) is 0 Å². The monoisotopic (exact) mass is 289 g/mol. The minimum atomic E-state index is -0.0478. The van der Waals surface area contributed by atoms with Gasteiger partial charge < -0.3 is 16.0 Å². The molecule has 1 fully saturated rings. The summed E-state index contributed by atoms with van der Waals surface area (Å²) in [5, 5.41) is 2.90. The molecule has 5 heteroatoms. The van der Waals surface area contributed by atoms with Gasteiger partial charge in [-0.05, 0) is 50.1 Å². The first-order chi connectivity index (χ1) is 10.1. The number of anilines is 2. The van der Waals surface area contributed by atoms with Gasteiger partial charge in [0.05, 0.1) is 0 Å². The summed E-state index contributed by atoms with van der Waals surface area (Å²) in [5.74, 6) is 0.129. The third-order valence-electron chi connectivity index (χ3n) is 3.81. The third-order valence-corrected chi connectivity index (χ3v) is 3.81. The van der Waals surface area contributed by atoms with Gasteiger partial charge in [-0.1, -0.05) is 6.92 Å². The summed E-state index contributed by atoms with van der Waals surface area (Å²) >= 11 is 0. The molecule has 0 saturated carbocycles. The fraction of sp³-hybridized carbons (Fsp3) is 0.500. The van der Waals surface area contributed by atoms with Crippen molar-refractivity contribution in [1.82, 2.24) is 0 Å². The molecule has 5 nitrogen and oxygen atoms in total. The van der Waals surface area contributed by atoms with Gasteiger partial charge >= 0.3 is 0 Å². The molecular weight excluding hydrogens is 266 g/mol. The summed E-state index contributed by atoms with van der Waals surface area (Å²) in [6.07, 6.45) is 3.18. The number of carbonyl (C=O) groups is 2. The predicted molar refractivity (Wildman–Crippen MR) is 84.1 cm³/mol. The lowest BCUT2D eigenvalue weighted by Crippen LogP contribution is -2.24. The first-order valence-electron chi connectivity index (χ1n) is 7.53. The highest BCUT2D eigenvalue weighted by molar-refractivity contribution is 5.96. The Morgan fingerprint density at radius 3 is 2.67 bits per heavy atom. The number of hydrogen-bond donors (Lipinski definition) is 2. The molecule has 1 saturated heterocycles. The highest BCUT2D eigenvalue weighted by atomic mass is 16.2. The van der Waals surface area contributed by atoms with E-state index in [0.717, 1.165) is 37.2 Å². The lowest BCUT2D eigenvalue weighted by molar-refractivity contribution is -0.119. The molecule has 21 heavy (non-hydrogen) atoms. The van der Waals surface area contributed by atoms with E-state index < -0.39 is 0 Å². The van der Waals surface area contributed by atoms with Crippen molar-refractivity contribution in [2.45, 2.75) is 32.6 Å². The molecule has 3 N–H and O–H groups in total. The number of benzene rings is 1. The highest BCUT2D eigenvalue weighted by Crippen LogP contribution is 2.23. The maximum Gasteiger partial charge on any atom is 0.227 e. The molecule has 1 aliphatic heterocycles. The lowest BCUT2D eigenvalue weighted by atomic mass is 10.0.